The third-order valence-corrected chi connectivity index (χ3v) is 7.33. The van der Waals surface area contributed by atoms with Gasteiger partial charge in [0.25, 0.3) is 0 Å². The number of hydrogen-bond acceptors (Lipinski definition) is 4. The molecule has 0 aliphatic heterocycles. The summed E-state index contributed by atoms with van der Waals surface area (Å²) in [5.41, 5.74) is 0.811. The van der Waals surface area contributed by atoms with Crippen LogP contribution >= 0.6 is 0 Å². The quantitative estimate of drug-likeness (QED) is 0.854. The molecule has 25 heavy (non-hydrogen) atoms. The highest BCUT2D eigenvalue weighted by Gasteiger charge is 2.75. The number of sulfone groups is 1. The maximum Gasteiger partial charge on any atom is 0.314 e. The van der Waals surface area contributed by atoms with Crippen molar-refractivity contribution < 1.29 is 23.4 Å². The number of carboxylic acids is 1. The van der Waals surface area contributed by atoms with E-state index in [2.05, 4.69) is 0 Å². The topological polar surface area (TPSA) is 91.7 Å². The molecule has 3 atom stereocenters. The van der Waals surface area contributed by atoms with Gasteiger partial charge in [-0.1, -0.05) is 47.5 Å². The second-order valence-electron chi connectivity index (χ2n) is 6.67. The third kappa shape index (κ3) is 2.65. The molecule has 5 nitrogen and oxygen atoms in total. The smallest absolute Gasteiger partial charge is 0.314 e. The molecule has 0 aromatic heterocycles. The Kier molecular flexibility index (Phi) is 4.21. The summed E-state index contributed by atoms with van der Waals surface area (Å²) in [6, 6.07) is 13.4. The van der Waals surface area contributed by atoms with Crippen molar-refractivity contribution in [3.63, 3.8) is 0 Å². The summed E-state index contributed by atoms with van der Waals surface area (Å²) in [4.78, 5) is 12.0. The maximum atomic E-state index is 13.1. The van der Waals surface area contributed by atoms with Crippen LogP contribution < -0.4 is 0 Å². The van der Waals surface area contributed by atoms with Gasteiger partial charge < -0.3 is 10.2 Å². The lowest BCUT2D eigenvalue weighted by Crippen LogP contribution is -2.27. The van der Waals surface area contributed by atoms with E-state index < -0.39 is 39.0 Å². The molecule has 1 aliphatic rings. The number of hydrogen-bond donors (Lipinski definition) is 2. The van der Waals surface area contributed by atoms with Gasteiger partial charge in [-0.05, 0) is 31.5 Å². The molecule has 0 bridgehead atoms. The van der Waals surface area contributed by atoms with Gasteiger partial charge in [-0.15, -0.1) is 0 Å². The minimum Gasteiger partial charge on any atom is -0.481 e. The minimum absolute atomic E-state index is 0.0804. The maximum absolute atomic E-state index is 13.1. The zero-order valence-electron chi connectivity index (χ0n) is 14.0. The lowest BCUT2D eigenvalue weighted by Gasteiger charge is -2.09. The highest BCUT2D eigenvalue weighted by molar-refractivity contribution is 7.92. The van der Waals surface area contributed by atoms with Crippen LogP contribution in [-0.2, 0) is 14.6 Å². The summed E-state index contributed by atoms with van der Waals surface area (Å²) >= 11 is 0. The molecule has 0 unspecified atom stereocenters. The van der Waals surface area contributed by atoms with Gasteiger partial charge in [0.05, 0.1) is 16.8 Å². The lowest BCUT2D eigenvalue weighted by molar-refractivity contribution is -0.145. The van der Waals surface area contributed by atoms with E-state index in [4.69, 9.17) is 0 Å². The van der Waals surface area contributed by atoms with Crippen molar-refractivity contribution in [3.05, 3.63) is 65.2 Å². The Bertz CT molecular complexity index is 900. The molecule has 2 aromatic rings. The zero-order valence-corrected chi connectivity index (χ0v) is 14.8. The largest absolute Gasteiger partial charge is 0.481 e. The van der Waals surface area contributed by atoms with Crippen molar-refractivity contribution in [2.75, 3.05) is 6.61 Å². The van der Waals surface area contributed by atoms with Crippen molar-refractivity contribution in [1.82, 2.24) is 0 Å². The molecule has 0 saturated heterocycles. The highest BCUT2D eigenvalue weighted by atomic mass is 32.2. The molecule has 1 fully saturated rings. The first-order valence-electron chi connectivity index (χ1n) is 7.96. The predicted molar refractivity (Wildman–Crippen MR) is 93.2 cm³/mol. The molecule has 0 radical (unpaired) electrons. The molecular weight excluding hydrogens is 340 g/mol. The van der Waals surface area contributed by atoms with Gasteiger partial charge >= 0.3 is 5.97 Å². The summed E-state index contributed by atoms with van der Waals surface area (Å²) in [5.74, 6) is -2.07. The van der Waals surface area contributed by atoms with E-state index in [1.807, 2.05) is 26.0 Å². The molecular formula is C19H20O5S. The van der Waals surface area contributed by atoms with Crippen LogP contribution in [0.3, 0.4) is 0 Å². The number of aliphatic hydroxyl groups is 1. The van der Waals surface area contributed by atoms with E-state index >= 15 is 0 Å². The summed E-state index contributed by atoms with van der Waals surface area (Å²) < 4.78 is 26.1. The monoisotopic (exact) mass is 360 g/mol. The molecule has 132 valence electrons. The average molecular weight is 360 g/mol. The molecule has 2 N–H and O–H groups in total. The fraction of sp³-hybridized carbons (Fsp3) is 0.316. The fourth-order valence-electron chi connectivity index (χ4n) is 3.49. The number of aliphatic hydroxyl groups excluding tert-OH is 1. The molecule has 2 aromatic carbocycles. The standard InChI is InChI=1S/C19H20O5S/c1-12-3-7-14(8-4-12)16-17(19(16,11-20)18(21)22)25(23,24)15-9-5-13(2)6-10-15/h3-10,16-17,20H,11H2,1-2H3,(H,21,22)/t16-,17-,19-/m0/s1. The van der Waals surface area contributed by atoms with Crippen molar-refractivity contribution in [3.8, 4) is 0 Å². The van der Waals surface area contributed by atoms with Gasteiger partial charge in [0.2, 0.25) is 0 Å². The lowest BCUT2D eigenvalue weighted by atomic mass is 9.99. The number of carbonyl (C=O) groups is 1. The van der Waals surface area contributed by atoms with Crippen LogP contribution in [0.4, 0.5) is 0 Å². The van der Waals surface area contributed by atoms with Gasteiger partial charge in [-0.3, -0.25) is 4.79 Å². The molecule has 1 aliphatic carbocycles. The Morgan fingerprint density at radius 1 is 1.00 bits per heavy atom. The molecule has 1 saturated carbocycles. The van der Waals surface area contributed by atoms with Crippen molar-refractivity contribution >= 4 is 15.8 Å². The van der Waals surface area contributed by atoms with Crippen molar-refractivity contribution in [2.24, 2.45) is 5.41 Å². The van der Waals surface area contributed by atoms with Crippen LogP contribution in [0.25, 0.3) is 0 Å². The summed E-state index contributed by atoms with van der Waals surface area (Å²) in [6.07, 6.45) is 0. The van der Waals surface area contributed by atoms with Gasteiger partial charge in [-0.25, -0.2) is 8.42 Å². The Balaban J connectivity index is 2.10. The summed E-state index contributed by atoms with van der Waals surface area (Å²) in [6.45, 7) is 3.02. The van der Waals surface area contributed by atoms with E-state index in [-0.39, 0.29) is 4.90 Å². The number of benzene rings is 2. The van der Waals surface area contributed by atoms with Crippen LogP contribution in [0.2, 0.25) is 0 Å². The van der Waals surface area contributed by atoms with Crippen LogP contribution in [0.1, 0.15) is 22.6 Å². The van der Waals surface area contributed by atoms with Crippen LogP contribution in [-0.4, -0.2) is 36.5 Å². The SMILES string of the molecule is Cc1ccc([C@H]2[C@H](S(=O)(=O)c3ccc(C)cc3)[C@@]2(CO)C(=O)O)cc1. The Labute approximate surface area is 146 Å². The van der Waals surface area contributed by atoms with Crippen LogP contribution in [0, 0.1) is 19.3 Å². The fourth-order valence-corrected chi connectivity index (χ4v) is 5.86. The molecule has 3 rings (SSSR count). The van der Waals surface area contributed by atoms with Crippen LogP contribution in [0.15, 0.2) is 53.4 Å². The van der Waals surface area contributed by atoms with Gasteiger partial charge in [0.15, 0.2) is 9.84 Å². The number of rotatable bonds is 5. The second-order valence-corrected chi connectivity index (χ2v) is 8.74. The van der Waals surface area contributed by atoms with E-state index in [0.29, 0.717) is 5.56 Å². The average Bonchev–Trinajstić information content (AvgIpc) is 3.27. The van der Waals surface area contributed by atoms with Crippen molar-refractivity contribution in [1.29, 1.82) is 0 Å². The molecule has 6 heteroatoms. The Morgan fingerprint density at radius 3 is 1.92 bits per heavy atom. The molecule has 0 amide bonds. The number of carboxylic acid groups (broad SMARTS) is 1. The normalized spacial score (nSPS) is 25.6. The van der Waals surface area contributed by atoms with Crippen LogP contribution in [0.5, 0.6) is 0 Å². The zero-order chi connectivity index (χ0) is 18.4. The van der Waals surface area contributed by atoms with Gasteiger partial charge in [-0.2, -0.15) is 0 Å². The first-order chi connectivity index (χ1) is 11.7. The first-order valence-corrected chi connectivity index (χ1v) is 9.51. The van der Waals surface area contributed by atoms with Crippen molar-refractivity contribution in [2.45, 2.75) is 29.9 Å². The highest BCUT2D eigenvalue weighted by Crippen LogP contribution is 2.64. The van der Waals surface area contributed by atoms with E-state index in [9.17, 15) is 23.4 Å². The Hall–Kier alpha value is -2.18. The first kappa shape index (κ1) is 17.6. The van der Waals surface area contributed by atoms with Gasteiger partial charge in [0, 0.05) is 5.92 Å². The second kappa shape index (κ2) is 5.97. The predicted octanol–water partition coefficient (Wildman–Crippen LogP) is 2.31. The third-order valence-electron chi connectivity index (χ3n) is 5.04. The molecule has 0 spiro atoms. The summed E-state index contributed by atoms with van der Waals surface area (Å²) in [7, 11) is -3.90. The Morgan fingerprint density at radius 2 is 1.48 bits per heavy atom. The van der Waals surface area contributed by atoms with E-state index in [1.165, 1.54) is 12.1 Å². The summed E-state index contributed by atoms with van der Waals surface area (Å²) in [5, 5.41) is 18.3. The number of aliphatic carboxylic acids is 1. The van der Waals surface area contributed by atoms with E-state index in [0.717, 1.165) is 11.1 Å². The molecule has 0 heterocycles. The minimum atomic E-state index is -3.90. The van der Waals surface area contributed by atoms with E-state index in [1.54, 1.807) is 24.3 Å². The van der Waals surface area contributed by atoms with Gasteiger partial charge in [0.1, 0.15) is 5.41 Å². The number of aryl methyl sites for hydroxylation is 2.